The van der Waals surface area contributed by atoms with Gasteiger partial charge in [0.2, 0.25) is 5.91 Å². The van der Waals surface area contributed by atoms with E-state index in [1.54, 1.807) is 11.9 Å². The number of aliphatic hydroxyl groups excluding tert-OH is 1. The number of carbonyl (C=O) groups is 2. The van der Waals surface area contributed by atoms with Crippen LogP contribution in [0.1, 0.15) is 24.8 Å². The highest BCUT2D eigenvalue weighted by Crippen LogP contribution is 2.40. The van der Waals surface area contributed by atoms with Gasteiger partial charge in [0.25, 0.3) is 12.0 Å². The van der Waals surface area contributed by atoms with Crippen molar-refractivity contribution in [2.75, 3.05) is 33.2 Å². The van der Waals surface area contributed by atoms with Crippen LogP contribution in [0.15, 0.2) is 15.8 Å². The summed E-state index contributed by atoms with van der Waals surface area (Å²) >= 11 is 0. The minimum Gasteiger partial charge on any atom is -0.483 e. The molecule has 10 nitrogen and oxygen atoms in total. The molecule has 3 N–H and O–H groups in total. The van der Waals surface area contributed by atoms with E-state index in [-0.39, 0.29) is 17.9 Å². The average Bonchev–Trinajstić information content (AvgIpc) is 2.66. The minimum atomic E-state index is -0.446. The first-order chi connectivity index (χ1) is 13.2. The second-order valence-electron chi connectivity index (χ2n) is 7.50. The Labute approximate surface area is 162 Å². The van der Waals surface area contributed by atoms with E-state index in [0.717, 1.165) is 30.5 Å². The number of β-amino-alcohol motifs (C(OH)–C–C–N with tert-alkyl or cyclic N) is 1. The normalized spacial score (nSPS) is 21.9. The van der Waals surface area contributed by atoms with Crippen molar-refractivity contribution in [3.05, 3.63) is 32.6 Å². The number of likely N-dealkylation sites (N-methyl/N-ethyl adjacent to an activating group) is 1. The Kier molecular flexibility index (Phi) is 7.14. The van der Waals surface area contributed by atoms with Gasteiger partial charge in [-0.2, -0.15) is 0 Å². The molecule has 1 aromatic heterocycles. The second kappa shape index (κ2) is 9.16. The molecule has 1 amide bonds. The van der Waals surface area contributed by atoms with Crippen molar-refractivity contribution in [3.8, 4) is 0 Å². The predicted molar refractivity (Wildman–Crippen MR) is 101 cm³/mol. The fraction of sp³-hybridized carbons (Fsp3) is 0.667. The summed E-state index contributed by atoms with van der Waals surface area (Å²) in [5.41, 5.74) is -0.514. The molecule has 0 bridgehead atoms. The summed E-state index contributed by atoms with van der Waals surface area (Å²) in [4.78, 5) is 50.8. The zero-order valence-electron chi connectivity index (χ0n) is 16.3. The number of aromatic nitrogens is 2. The largest absolute Gasteiger partial charge is 0.483 e. The first-order valence-electron chi connectivity index (χ1n) is 9.25. The summed E-state index contributed by atoms with van der Waals surface area (Å²) in [7, 11) is 3.22. The van der Waals surface area contributed by atoms with Crippen molar-refractivity contribution < 1.29 is 19.8 Å². The molecule has 2 saturated heterocycles. The quantitative estimate of drug-likeness (QED) is 0.536. The van der Waals surface area contributed by atoms with E-state index in [1.165, 1.54) is 13.2 Å². The molecule has 1 aromatic rings. The zero-order chi connectivity index (χ0) is 20.9. The molecule has 3 rings (SSSR count). The van der Waals surface area contributed by atoms with Crippen molar-refractivity contribution in [1.29, 1.82) is 0 Å². The van der Waals surface area contributed by atoms with Crippen LogP contribution in [0.5, 0.6) is 0 Å². The molecule has 1 unspecified atom stereocenters. The first kappa shape index (κ1) is 21.8. The van der Waals surface area contributed by atoms with Crippen LogP contribution in [-0.4, -0.2) is 81.3 Å². The van der Waals surface area contributed by atoms with Crippen LogP contribution >= 0.6 is 0 Å². The highest BCUT2D eigenvalue weighted by Gasteiger charge is 2.47. The van der Waals surface area contributed by atoms with Crippen molar-refractivity contribution in [1.82, 2.24) is 19.4 Å². The van der Waals surface area contributed by atoms with Crippen LogP contribution in [0.3, 0.4) is 0 Å². The van der Waals surface area contributed by atoms with E-state index in [4.69, 9.17) is 9.90 Å². The molecule has 10 heteroatoms. The first-order valence-corrected chi connectivity index (χ1v) is 9.25. The van der Waals surface area contributed by atoms with E-state index in [0.29, 0.717) is 31.5 Å². The molecule has 0 radical (unpaired) electrons. The smallest absolute Gasteiger partial charge is 0.328 e. The maximum Gasteiger partial charge on any atom is 0.328 e. The molecule has 3 heterocycles. The number of aliphatic hydroxyl groups is 1. The van der Waals surface area contributed by atoms with Crippen LogP contribution in [0, 0.1) is 5.41 Å². The molecule has 2 aliphatic rings. The van der Waals surface area contributed by atoms with E-state index in [9.17, 15) is 19.5 Å². The number of hydrogen-bond acceptors (Lipinski definition) is 6. The van der Waals surface area contributed by atoms with Gasteiger partial charge < -0.3 is 25.0 Å². The summed E-state index contributed by atoms with van der Waals surface area (Å²) in [6, 6.07) is 0. The molecule has 1 spiro atoms. The lowest BCUT2D eigenvalue weighted by molar-refractivity contribution is -0.154. The Morgan fingerprint density at radius 1 is 1.25 bits per heavy atom. The molecule has 0 aliphatic carbocycles. The standard InChI is InChI=1S/C17H26N4O4.CH2O2/c1-19-11-13(22)9-17(15(19)24)4-7-21(8-5-17)6-3-12-10-18-16(25)20(2)14(12)23;2-1-3/h10,13,22H,3-9,11H2,1-2H3,(H,18,25);1H,(H,2,3). The SMILES string of the molecule is CN1CC(O)CC2(CCN(CCc3c[nH]c(=O)n(C)c3=O)CC2)C1=O.O=CO. The second-order valence-corrected chi connectivity index (χ2v) is 7.50. The van der Waals surface area contributed by atoms with E-state index in [2.05, 4.69) is 9.88 Å². The van der Waals surface area contributed by atoms with Gasteiger partial charge in [-0.1, -0.05) is 0 Å². The summed E-state index contributed by atoms with van der Waals surface area (Å²) in [5, 5.41) is 16.9. The van der Waals surface area contributed by atoms with Gasteiger partial charge in [0.05, 0.1) is 11.5 Å². The number of carboxylic acid groups (broad SMARTS) is 1. The van der Waals surface area contributed by atoms with E-state index in [1.807, 2.05) is 0 Å². The Morgan fingerprint density at radius 2 is 1.86 bits per heavy atom. The molecular formula is C18H28N4O6. The van der Waals surface area contributed by atoms with Crippen molar-refractivity contribution in [2.24, 2.45) is 12.5 Å². The number of hydrogen-bond donors (Lipinski definition) is 3. The monoisotopic (exact) mass is 396 g/mol. The maximum atomic E-state index is 12.6. The molecule has 0 saturated carbocycles. The average molecular weight is 396 g/mol. The van der Waals surface area contributed by atoms with Crippen LogP contribution in [0.25, 0.3) is 0 Å². The lowest BCUT2D eigenvalue weighted by Crippen LogP contribution is -2.56. The number of nitrogens with one attached hydrogen (secondary N) is 1. The summed E-state index contributed by atoms with van der Waals surface area (Å²) < 4.78 is 1.08. The van der Waals surface area contributed by atoms with Gasteiger partial charge in [0.1, 0.15) is 0 Å². The highest BCUT2D eigenvalue weighted by atomic mass is 16.3. The number of nitrogens with zero attached hydrogens (tertiary/aromatic N) is 3. The maximum absolute atomic E-state index is 12.6. The Bertz CT molecular complexity index is 809. The van der Waals surface area contributed by atoms with Gasteiger partial charge in [0.15, 0.2) is 0 Å². The third-order valence-electron chi connectivity index (χ3n) is 5.68. The fourth-order valence-corrected chi connectivity index (χ4v) is 4.10. The van der Waals surface area contributed by atoms with Crippen LogP contribution in [0.4, 0.5) is 0 Å². The molecule has 2 aliphatic heterocycles. The molecule has 28 heavy (non-hydrogen) atoms. The number of H-pyrrole nitrogens is 1. The number of carbonyl (C=O) groups excluding carboxylic acids is 1. The Morgan fingerprint density at radius 3 is 2.46 bits per heavy atom. The lowest BCUT2D eigenvalue weighted by atomic mass is 9.71. The van der Waals surface area contributed by atoms with Crippen LogP contribution < -0.4 is 11.2 Å². The van der Waals surface area contributed by atoms with Crippen molar-refractivity contribution in [3.63, 3.8) is 0 Å². The van der Waals surface area contributed by atoms with Crippen molar-refractivity contribution >= 4 is 12.4 Å². The Balaban J connectivity index is 0.000000878. The summed E-state index contributed by atoms with van der Waals surface area (Å²) in [6.07, 6.45) is 3.62. The molecule has 2 fully saturated rings. The zero-order valence-corrected chi connectivity index (χ0v) is 16.3. The predicted octanol–water partition coefficient (Wildman–Crippen LogP) is -1.38. The number of amides is 1. The number of likely N-dealkylation sites (tertiary alicyclic amines) is 2. The minimum absolute atomic E-state index is 0.145. The molecular weight excluding hydrogens is 368 g/mol. The van der Waals surface area contributed by atoms with Gasteiger partial charge in [-0.3, -0.25) is 19.0 Å². The third kappa shape index (κ3) is 4.68. The van der Waals surface area contributed by atoms with Crippen LogP contribution in [-0.2, 0) is 23.1 Å². The summed E-state index contributed by atoms with van der Waals surface area (Å²) in [5.74, 6) is 0.145. The van der Waals surface area contributed by atoms with Crippen LogP contribution in [0.2, 0.25) is 0 Å². The van der Waals surface area contributed by atoms with Crippen molar-refractivity contribution in [2.45, 2.75) is 31.8 Å². The van der Waals surface area contributed by atoms with Gasteiger partial charge >= 0.3 is 5.69 Å². The van der Waals surface area contributed by atoms with Gasteiger partial charge in [-0.15, -0.1) is 0 Å². The lowest BCUT2D eigenvalue weighted by Gasteiger charge is -2.47. The van der Waals surface area contributed by atoms with E-state index >= 15 is 0 Å². The van der Waals surface area contributed by atoms with Gasteiger partial charge in [-0.05, 0) is 38.8 Å². The molecule has 0 aromatic carbocycles. The molecule has 156 valence electrons. The molecule has 1 atom stereocenters. The fourth-order valence-electron chi connectivity index (χ4n) is 4.10. The topological polar surface area (TPSA) is 136 Å². The number of rotatable bonds is 3. The third-order valence-corrected chi connectivity index (χ3v) is 5.68. The van der Waals surface area contributed by atoms with Gasteiger partial charge in [-0.25, -0.2) is 4.79 Å². The number of piperidine rings is 2. The summed E-state index contributed by atoms with van der Waals surface area (Å²) in [6.45, 7) is 2.43. The van der Waals surface area contributed by atoms with Gasteiger partial charge in [0, 0.05) is 38.9 Å². The number of aromatic amines is 1. The highest BCUT2D eigenvalue weighted by molar-refractivity contribution is 5.83. The Hall–Kier alpha value is -2.46. The van der Waals surface area contributed by atoms with E-state index < -0.39 is 17.2 Å².